The molecule has 3 heterocycles. The van der Waals surface area contributed by atoms with Crippen molar-refractivity contribution in [3.8, 4) is 11.3 Å². The second-order valence-electron chi connectivity index (χ2n) is 7.56. The molecule has 2 amide bonds. The standard InChI is InChI=1S/C22H23FN4O3/c1-13-19-16(20(28)24-14(2)22(29)27-10-6-3-7-11-27)12-18(25-21(19)30-26-13)15-8-4-5-9-17(15)23/h4-5,8-9,12,14H,3,6-7,10-11H2,1-2H3,(H,24,28). The van der Waals surface area contributed by atoms with Crippen LogP contribution in [0.25, 0.3) is 22.4 Å². The van der Waals surface area contributed by atoms with Crippen LogP contribution in [0.2, 0.25) is 0 Å². The van der Waals surface area contributed by atoms with Gasteiger partial charge in [0.05, 0.1) is 22.3 Å². The van der Waals surface area contributed by atoms with Gasteiger partial charge < -0.3 is 14.7 Å². The lowest BCUT2D eigenvalue weighted by atomic mass is 10.0. The number of carbonyl (C=O) groups is 2. The molecule has 0 bridgehead atoms. The number of nitrogens with zero attached hydrogens (tertiary/aromatic N) is 3. The van der Waals surface area contributed by atoms with Gasteiger partial charge in [-0.25, -0.2) is 9.37 Å². The van der Waals surface area contributed by atoms with Crippen molar-refractivity contribution >= 4 is 22.9 Å². The van der Waals surface area contributed by atoms with Crippen LogP contribution in [0.5, 0.6) is 0 Å². The number of fused-ring (bicyclic) bond motifs is 1. The molecule has 1 N–H and O–H groups in total. The predicted molar refractivity (Wildman–Crippen MR) is 109 cm³/mol. The summed E-state index contributed by atoms with van der Waals surface area (Å²) in [5.41, 5.74) is 1.40. The minimum Gasteiger partial charge on any atom is -0.341 e. The maximum Gasteiger partial charge on any atom is 0.259 e. The van der Waals surface area contributed by atoms with Gasteiger partial charge in [0.1, 0.15) is 11.9 Å². The van der Waals surface area contributed by atoms with Crippen LogP contribution >= 0.6 is 0 Å². The van der Waals surface area contributed by atoms with Gasteiger partial charge in [-0.15, -0.1) is 0 Å². The Labute approximate surface area is 173 Å². The summed E-state index contributed by atoms with van der Waals surface area (Å²) in [4.78, 5) is 31.9. The minimum atomic E-state index is -0.684. The summed E-state index contributed by atoms with van der Waals surface area (Å²) in [6.07, 6.45) is 3.07. The van der Waals surface area contributed by atoms with Crippen molar-refractivity contribution in [2.75, 3.05) is 13.1 Å². The summed E-state index contributed by atoms with van der Waals surface area (Å²) in [6.45, 7) is 4.79. The van der Waals surface area contributed by atoms with E-state index in [1.807, 2.05) is 0 Å². The largest absolute Gasteiger partial charge is 0.341 e. The molecule has 0 aliphatic carbocycles. The number of amides is 2. The third-order valence-electron chi connectivity index (χ3n) is 5.40. The van der Waals surface area contributed by atoms with E-state index in [0.29, 0.717) is 24.2 Å². The molecule has 1 unspecified atom stereocenters. The SMILES string of the molecule is Cc1noc2nc(-c3ccccc3F)cc(C(=O)NC(C)C(=O)N3CCCCC3)c12. The highest BCUT2D eigenvalue weighted by Crippen LogP contribution is 2.28. The average molecular weight is 410 g/mol. The summed E-state index contributed by atoms with van der Waals surface area (Å²) < 4.78 is 19.5. The zero-order valence-electron chi connectivity index (χ0n) is 16.9. The van der Waals surface area contributed by atoms with E-state index in [4.69, 9.17) is 4.52 Å². The van der Waals surface area contributed by atoms with Crippen molar-refractivity contribution in [3.63, 3.8) is 0 Å². The zero-order chi connectivity index (χ0) is 21.3. The molecule has 4 rings (SSSR count). The first-order valence-corrected chi connectivity index (χ1v) is 10.1. The summed E-state index contributed by atoms with van der Waals surface area (Å²) in [6, 6.07) is 7.00. The van der Waals surface area contributed by atoms with Crippen LogP contribution in [0.1, 0.15) is 42.2 Å². The highest BCUT2D eigenvalue weighted by molar-refractivity contribution is 6.08. The molecule has 3 aromatic rings. The average Bonchev–Trinajstić information content (AvgIpc) is 3.14. The number of likely N-dealkylation sites (tertiary alicyclic amines) is 1. The number of rotatable bonds is 4. The summed E-state index contributed by atoms with van der Waals surface area (Å²) in [5, 5.41) is 7.12. The molecule has 2 aromatic heterocycles. The molecule has 1 aliphatic rings. The molecule has 1 aliphatic heterocycles. The molecule has 30 heavy (non-hydrogen) atoms. The zero-order valence-corrected chi connectivity index (χ0v) is 16.9. The second-order valence-corrected chi connectivity index (χ2v) is 7.56. The highest BCUT2D eigenvalue weighted by Gasteiger charge is 2.26. The number of nitrogens with one attached hydrogen (secondary N) is 1. The van der Waals surface area contributed by atoms with Gasteiger partial charge in [-0.2, -0.15) is 0 Å². The molecule has 156 valence electrons. The maximum absolute atomic E-state index is 14.3. The molecule has 1 aromatic carbocycles. The Balaban J connectivity index is 1.67. The quantitative estimate of drug-likeness (QED) is 0.712. The predicted octanol–water partition coefficient (Wildman–Crippen LogP) is 3.47. The van der Waals surface area contributed by atoms with Crippen LogP contribution in [-0.2, 0) is 4.79 Å². The van der Waals surface area contributed by atoms with E-state index >= 15 is 0 Å². The Kier molecular flexibility index (Phi) is 5.48. The third kappa shape index (κ3) is 3.77. The van der Waals surface area contributed by atoms with Crippen LogP contribution in [0.15, 0.2) is 34.9 Å². The van der Waals surface area contributed by atoms with Crippen molar-refractivity contribution in [2.45, 2.75) is 39.2 Å². The fourth-order valence-electron chi connectivity index (χ4n) is 3.80. The molecule has 8 heteroatoms. The van der Waals surface area contributed by atoms with Crippen molar-refractivity contribution in [1.29, 1.82) is 0 Å². The van der Waals surface area contributed by atoms with Crippen LogP contribution in [0.3, 0.4) is 0 Å². The van der Waals surface area contributed by atoms with E-state index in [2.05, 4.69) is 15.5 Å². The molecule has 1 saturated heterocycles. The maximum atomic E-state index is 14.3. The van der Waals surface area contributed by atoms with Gasteiger partial charge in [-0.3, -0.25) is 9.59 Å². The monoisotopic (exact) mass is 410 g/mol. The lowest BCUT2D eigenvalue weighted by Crippen LogP contribution is -2.48. The fraction of sp³-hybridized carbons (Fsp3) is 0.364. The summed E-state index contributed by atoms with van der Waals surface area (Å²) in [5.74, 6) is -1.02. The number of carbonyl (C=O) groups excluding carboxylic acids is 2. The van der Waals surface area contributed by atoms with E-state index in [1.54, 1.807) is 36.9 Å². The van der Waals surface area contributed by atoms with Crippen molar-refractivity contribution in [1.82, 2.24) is 20.4 Å². The van der Waals surface area contributed by atoms with E-state index < -0.39 is 17.8 Å². The van der Waals surface area contributed by atoms with Crippen molar-refractivity contribution in [2.24, 2.45) is 0 Å². The number of hydrogen-bond donors (Lipinski definition) is 1. The van der Waals surface area contributed by atoms with E-state index in [1.165, 1.54) is 12.1 Å². The molecule has 0 radical (unpaired) electrons. The minimum absolute atomic E-state index is 0.107. The Bertz CT molecular complexity index is 1100. The highest BCUT2D eigenvalue weighted by atomic mass is 19.1. The van der Waals surface area contributed by atoms with Gasteiger partial charge in [0, 0.05) is 18.7 Å². The molecule has 1 fully saturated rings. The van der Waals surface area contributed by atoms with Gasteiger partial charge in [0.15, 0.2) is 0 Å². The number of aryl methyl sites for hydroxylation is 1. The van der Waals surface area contributed by atoms with Crippen LogP contribution < -0.4 is 5.32 Å². The normalized spacial score (nSPS) is 15.2. The second kappa shape index (κ2) is 8.22. The number of piperidine rings is 1. The Morgan fingerprint density at radius 2 is 1.93 bits per heavy atom. The van der Waals surface area contributed by atoms with Crippen LogP contribution in [0.4, 0.5) is 4.39 Å². The van der Waals surface area contributed by atoms with Gasteiger partial charge in [-0.05, 0) is 51.3 Å². The summed E-state index contributed by atoms with van der Waals surface area (Å²) in [7, 11) is 0. The van der Waals surface area contributed by atoms with E-state index in [-0.39, 0.29) is 28.4 Å². The first kappa shape index (κ1) is 20.0. The number of benzene rings is 1. The Hall–Kier alpha value is -3.29. The Morgan fingerprint density at radius 3 is 2.67 bits per heavy atom. The lowest BCUT2D eigenvalue weighted by molar-refractivity contribution is -0.133. The van der Waals surface area contributed by atoms with Crippen LogP contribution in [-0.4, -0.2) is 46.0 Å². The molecular formula is C22H23FN4O3. The van der Waals surface area contributed by atoms with E-state index in [0.717, 1.165) is 19.3 Å². The first-order chi connectivity index (χ1) is 14.5. The fourth-order valence-corrected chi connectivity index (χ4v) is 3.80. The number of hydrogen-bond acceptors (Lipinski definition) is 5. The third-order valence-corrected chi connectivity index (χ3v) is 5.40. The van der Waals surface area contributed by atoms with Gasteiger partial charge in [0.25, 0.3) is 11.6 Å². The summed E-state index contributed by atoms with van der Waals surface area (Å²) >= 11 is 0. The Morgan fingerprint density at radius 1 is 1.20 bits per heavy atom. The number of pyridine rings is 1. The molecule has 0 saturated carbocycles. The molecule has 0 spiro atoms. The van der Waals surface area contributed by atoms with Crippen molar-refractivity contribution < 1.29 is 18.5 Å². The van der Waals surface area contributed by atoms with Crippen LogP contribution in [0, 0.1) is 12.7 Å². The van der Waals surface area contributed by atoms with Gasteiger partial charge >= 0.3 is 0 Å². The molecular weight excluding hydrogens is 387 g/mol. The van der Waals surface area contributed by atoms with Gasteiger partial charge in [0.2, 0.25) is 5.91 Å². The molecule has 1 atom stereocenters. The van der Waals surface area contributed by atoms with Crippen molar-refractivity contribution in [3.05, 3.63) is 47.4 Å². The van der Waals surface area contributed by atoms with E-state index in [9.17, 15) is 14.0 Å². The van der Waals surface area contributed by atoms with Gasteiger partial charge in [-0.1, -0.05) is 17.3 Å². The number of aromatic nitrogens is 2. The number of halogens is 1. The first-order valence-electron chi connectivity index (χ1n) is 10.1. The smallest absolute Gasteiger partial charge is 0.259 e. The lowest BCUT2D eigenvalue weighted by Gasteiger charge is -2.29. The molecule has 7 nitrogen and oxygen atoms in total. The topological polar surface area (TPSA) is 88.3 Å².